The van der Waals surface area contributed by atoms with Crippen LogP contribution in [0, 0.1) is 18.7 Å². The Balaban J connectivity index is 0.984. The molecule has 0 unspecified atom stereocenters. The Hall–Kier alpha value is -7.27. The first-order chi connectivity index (χ1) is 39.3. The number of carbonyl (C=O) groups excluding carboxylic acids is 8. The van der Waals surface area contributed by atoms with Crippen molar-refractivity contribution in [1.82, 2.24) is 41.2 Å². The number of carbonyl (C=O) groups is 8. The number of halogens is 1. The molecule has 3 aliphatic rings. The van der Waals surface area contributed by atoms with Crippen LogP contribution in [0.15, 0.2) is 35.3 Å². The zero-order valence-electron chi connectivity index (χ0n) is 47.1. The second-order valence-corrected chi connectivity index (χ2v) is 21.3. The van der Waals surface area contributed by atoms with Crippen molar-refractivity contribution >= 4 is 58.2 Å². The number of aromatic nitrogens is 2. The fourth-order valence-electron chi connectivity index (χ4n) is 9.87. The number of imide groups is 1. The highest BCUT2D eigenvalue weighted by Crippen LogP contribution is 2.42. The lowest BCUT2D eigenvalue weighted by Crippen LogP contribution is -2.58. The lowest BCUT2D eigenvalue weighted by molar-refractivity contribution is -0.197. The number of hydrogen-bond donors (Lipinski definition) is 11. The summed E-state index contributed by atoms with van der Waals surface area (Å²) < 4.78 is 28.3. The van der Waals surface area contributed by atoms with Gasteiger partial charge in [-0.2, -0.15) is 0 Å². The topological polar surface area (TPSA) is 384 Å². The van der Waals surface area contributed by atoms with Gasteiger partial charge in [0.1, 0.15) is 67.0 Å². The Kier molecular flexibility index (Phi) is 22.5. The fourth-order valence-corrected chi connectivity index (χ4v) is 9.87. The van der Waals surface area contributed by atoms with E-state index in [4.69, 9.17) is 24.4 Å². The van der Waals surface area contributed by atoms with Crippen LogP contribution >= 0.6 is 0 Å². The van der Waals surface area contributed by atoms with Gasteiger partial charge in [0.05, 0.1) is 41.7 Å². The summed E-state index contributed by atoms with van der Waals surface area (Å²) in [5.74, 6) is -6.84. The van der Waals surface area contributed by atoms with Gasteiger partial charge >= 0.3 is 5.97 Å². The number of pyridine rings is 2. The minimum Gasteiger partial charge on any atom is -0.490 e. The van der Waals surface area contributed by atoms with Crippen LogP contribution in [0.2, 0.25) is 0 Å². The molecule has 83 heavy (non-hydrogen) atoms. The number of nitrogens with zero attached hydrogens (tertiary/aromatic N) is 3. The van der Waals surface area contributed by atoms with E-state index in [1.54, 1.807) is 38.3 Å². The molecule has 1 saturated heterocycles. The normalized spacial score (nSPS) is 18.0. The second-order valence-electron chi connectivity index (χ2n) is 21.3. The van der Waals surface area contributed by atoms with E-state index in [0.29, 0.717) is 57.9 Å². The number of aryl methyl sites for hydroxylation is 1. The maximum Gasteiger partial charge on any atom is 0.333 e. The molecule has 0 saturated carbocycles. The van der Waals surface area contributed by atoms with Gasteiger partial charge in [-0.25, -0.2) is 14.2 Å². The molecular weight excluding hydrogens is 1090 g/mol. The van der Waals surface area contributed by atoms with Crippen molar-refractivity contribution in [3.8, 4) is 11.4 Å². The van der Waals surface area contributed by atoms with E-state index in [0.717, 1.165) is 16.5 Å². The zero-order chi connectivity index (χ0) is 61.0. The molecule has 0 aliphatic carbocycles. The molecule has 3 aromatic rings. The summed E-state index contributed by atoms with van der Waals surface area (Å²) in [7, 11) is 0. The number of hydroxylamine groups is 2. The predicted molar refractivity (Wildman–Crippen MR) is 291 cm³/mol. The number of aliphatic hydroxyl groups is 6. The molecule has 6 rings (SSSR count). The minimum absolute atomic E-state index is 0.0231. The monoisotopic (exact) mass is 1170 g/mol. The van der Waals surface area contributed by atoms with Gasteiger partial charge in [0, 0.05) is 67.8 Å². The maximum absolute atomic E-state index is 15.5. The van der Waals surface area contributed by atoms with Gasteiger partial charge in [0.15, 0.2) is 0 Å². The second kappa shape index (κ2) is 28.8. The largest absolute Gasteiger partial charge is 0.490 e. The average molecular weight is 1170 g/mol. The van der Waals surface area contributed by atoms with Crippen molar-refractivity contribution in [2.45, 2.75) is 173 Å². The van der Waals surface area contributed by atoms with Crippen LogP contribution < -0.4 is 32.1 Å². The fraction of sp³-hybridized carbons (Fsp3) is 0.571. The third kappa shape index (κ3) is 15.7. The van der Waals surface area contributed by atoms with Crippen molar-refractivity contribution in [2.24, 2.45) is 5.92 Å². The van der Waals surface area contributed by atoms with Gasteiger partial charge in [0.25, 0.3) is 17.4 Å². The van der Waals surface area contributed by atoms with Gasteiger partial charge < -0.3 is 76.1 Å². The van der Waals surface area contributed by atoms with Gasteiger partial charge in [0.2, 0.25) is 29.5 Å². The number of fused-ring (bicyclic) bond motifs is 5. The van der Waals surface area contributed by atoms with Crippen LogP contribution in [0.4, 0.5) is 4.39 Å². The summed E-state index contributed by atoms with van der Waals surface area (Å²) in [5, 5.41) is 74.0. The first-order valence-electron chi connectivity index (χ1n) is 27.7. The highest BCUT2D eigenvalue weighted by atomic mass is 19.1. The Bertz CT molecular complexity index is 3010. The van der Waals surface area contributed by atoms with E-state index in [1.165, 1.54) is 13.0 Å². The first-order valence-corrected chi connectivity index (χ1v) is 27.7. The van der Waals surface area contributed by atoms with E-state index in [9.17, 15) is 68.7 Å². The molecular formula is C56H75FN8O18. The van der Waals surface area contributed by atoms with Gasteiger partial charge in [-0.05, 0) is 88.0 Å². The molecule has 0 bridgehead atoms. The number of hydrogen-bond acceptors (Lipinski definition) is 19. The molecule has 0 spiro atoms. The van der Waals surface area contributed by atoms with Crippen LogP contribution in [-0.4, -0.2) is 162 Å². The highest BCUT2D eigenvalue weighted by Gasteiger charge is 2.42. The van der Waals surface area contributed by atoms with Gasteiger partial charge in [-0.15, -0.1) is 5.06 Å². The third-order valence-electron chi connectivity index (χ3n) is 15.0. The summed E-state index contributed by atoms with van der Waals surface area (Å²) in [4.78, 5) is 126. The molecule has 26 nitrogen and oxygen atoms in total. The molecule has 27 heteroatoms. The standard InChI is InChI=1S/C56H75FN8O18/c1-7-56(80)31(6)82-26-35-36(56)21-40-49-32(24-64(40)55(35)79)20-34-33(29(4)37(57)22-39(34)62-49)12-10-11-19-81-27-59-52(76)30(5)60-54(78)48(28(2)3)63-53(77)38(15-16-43(69)58-23-41(67)50(74)51(75)42(68)25-66)61-44(70)13-8-9-14-47(73)83-65-45(71)17-18-46(65)72/h20-22,28,30,38,41-42,48,50-51,66-68,74-75,80H,6-19,23-27H2,1-5H3,(H,58,69)(H,59,76)(H,60,78)(H,61,70)(H,63,77)/t30-,38-,41-,42+,48-,50+,51+,56+/m0/s1. The lowest BCUT2D eigenvalue weighted by atomic mass is 9.84. The number of aliphatic hydroxyl groups excluding tert-OH is 5. The van der Waals surface area contributed by atoms with Gasteiger partial charge in [-0.3, -0.25) is 38.4 Å². The van der Waals surface area contributed by atoms with Crippen LogP contribution in [0.3, 0.4) is 0 Å². The molecule has 1 fully saturated rings. The van der Waals surface area contributed by atoms with Crippen molar-refractivity contribution in [3.05, 3.63) is 74.5 Å². The third-order valence-corrected chi connectivity index (χ3v) is 15.0. The molecule has 2 aromatic heterocycles. The highest BCUT2D eigenvalue weighted by molar-refractivity contribution is 6.01. The van der Waals surface area contributed by atoms with E-state index in [1.807, 2.05) is 6.07 Å². The number of amides is 7. The van der Waals surface area contributed by atoms with Crippen molar-refractivity contribution in [1.29, 1.82) is 0 Å². The Labute approximate surface area is 477 Å². The first kappa shape index (κ1) is 64.9. The van der Waals surface area contributed by atoms with Crippen molar-refractivity contribution in [3.63, 3.8) is 0 Å². The predicted octanol–water partition coefficient (Wildman–Crippen LogP) is -0.443. The van der Waals surface area contributed by atoms with Crippen LogP contribution in [0.5, 0.6) is 0 Å². The average Bonchev–Trinajstić information content (AvgIpc) is 2.36. The van der Waals surface area contributed by atoms with E-state index >= 15 is 4.39 Å². The molecule has 5 heterocycles. The Morgan fingerprint density at radius 1 is 0.855 bits per heavy atom. The summed E-state index contributed by atoms with van der Waals surface area (Å²) in [6.07, 6.45) is -7.08. The molecule has 11 N–H and O–H groups in total. The molecule has 454 valence electrons. The van der Waals surface area contributed by atoms with Crippen LogP contribution in [0.1, 0.15) is 126 Å². The quantitative estimate of drug-likeness (QED) is 0.0179. The van der Waals surface area contributed by atoms with E-state index in [-0.39, 0.29) is 89.2 Å². The van der Waals surface area contributed by atoms with Crippen molar-refractivity contribution < 1.29 is 87.7 Å². The molecule has 0 radical (unpaired) electrons. The number of benzene rings is 1. The van der Waals surface area contributed by atoms with Crippen molar-refractivity contribution in [2.75, 3.05) is 26.5 Å². The number of rotatable bonds is 30. The Morgan fingerprint density at radius 3 is 2.22 bits per heavy atom. The van der Waals surface area contributed by atoms with Crippen LogP contribution in [-0.2, 0) is 77.8 Å². The SMILES string of the molecule is C=C1OCc2c(cc3n(c2=O)Cc2cc4c(CCCCOCNC(=O)[C@H](C)NC(=O)[C@@H](NC(=O)[C@H](CCC(=O)NC[C@H](O)[C@@H](O)[C@H](O)[C@H](O)CO)NC(=O)CCCCC(=O)ON5C(=O)CCC5=O)C(C)C)c(C)c(F)cc4nc2-3)[C@@]1(O)CC. The van der Waals surface area contributed by atoms with Crippen LogP contribution in [0.25, 0.3) is 22.3 Å². The van der Waals surface area contributed by atoms with E-state index < -0.39 is 127 Å². The summed E-state index contributed by atoms with van der Waals surface area (Å²) >= 11 is 0. The zero-order valence-corrected chi connectivity index (χ0v) is 47.1. The summed E-state index contributed by atoms with van der Waals surface area (Å²) in [5.41, 5.74) is 2.32. The smallest absolute Gasteiger partial charge is 0.333 e. The Morgan fingerprint density at radius 2 is 1.54 bits per heavy atom. The maximum atomic E-state index is 15.5. The summed E-state index contributed by atoms with van der Waals surface area (Å²) in [6, 6.07) is 1.18. The minimum atomic E-state index is -1.97. The summed E-state index contributed by atoms with van der Waals surface area (Å²) in [6.45, 7) is 10.6. The molecule has 7 amide bonds. The number of unbranched alkanes of at least 4 members (excludes halogenated alkanes) is 2. The van der Waals surface area contributed by atoms with Gasteiger partial charge in [-0.1, -0.05) is 27.4 Å². The lowest BCUT2D eigenvalue weighted by Gasteiger charge is -2.35. The molecule has 1 aromatic carbocycles. The number of ether oxygens (including phenoxy) is 2. The molecule has 8 atom stereocenters. The number of nitrogens with one attached hydrogen (secondary N) is 5. The molecule has 3 aliphatic heterocycles. The van der Waals surface area contributed by atoms with E-state index in [2.05, 4.69) is 33.2 Å².